The Kier molecular flexibility index (Phi) is 7.56. The molecule has 2 rings (SSSR count). The molecule has 7 heteroatoms. The molecule has 0 atom stereocenters. The lowest BCUT2D eigenvalue weighted by Crippen LogP contribution is -2.41. The quantitative estimate of drug-likeness (QED) is 0.713. The topological polar surface area (TPSA) is 73.2 Å². The van der Waals surface area contributed by atoms with Crippen LogP contribution in [0.4, 0.5) is 0 Å². The van der Waals surface area contributed by atoms with Crippen LogP contribution in [0.1, 0.15) is 42.7 Å². The van der Waals surface area contributed by atoms with Crippen molar-refractivity contribution < 1.29 is 9.53 Å². The Bertz CT molecular complexity index is 814. The maximum absolute atomic E-state index is 12.6. The van der Waals surface area contributed by atoms with Crippen LogP contribution in [-0.2, 0) is 16.7 Å². The van der Waals surface area contributed by atoms with E-state index < -0.39 is 0 Å². The van der Waals surface area contributed by atoms with Gasteiger partial charge in [-0.05, 0) is 36.6 Å². The molecule has 0 spiro atoms. The van der Waals surface area contributed by atoms with E-state index in [2.05, 4.69) is 24.3 Å². The van der Waals surface area contributed by atoms with Gasteiger partial charge in [-0.25, -0.2) is 4.68 Å². The van der Waals surface area contributed by atoms with E-state index in [1.807, 2.05) is 24.3 Å². The molecule has 1 aromatic carbocycles. The van der Waals surface area contributed by atoms with Gasteiger partial charge in [0.05, 0.1) is 13.2 Å². The number of benzene rings is 1. The van der Waals surface area contributed by atoms with E-state index in [0.29, 0.717) is 24.7 Å². The van der Waals surface area contributed by atoms with E-state index in [9.17, 15) is 9.59 Å². The van der Waals surface area contributed by atoms with Gasteiger partial charge in [-0.15, -0.1) is 0 Å². The van der Waals surface area contributed by atoms with E-state index in [1.165, 1.54) is 16.8 Å². The fourth-order valence-corrected chi connectivity index (χ4v) is 3.19. The highest BCUT2D eigenvalue weighted by molar-refractivity contribution is 6.30. The Labute approximate surface area is 164 Å². The van der Waals surface area contributed by atoms with Gasteiger partial charge in [-0.2, -0.15) is 5.10 Å². The second-order valence-electron chi connectivity index (χ2n) is 6.45. The summed E-state index contributed by atoms with van der Waals surface area (Å²) >= 11 is 6.00. The largest absolute Gasteiger partial charge is 0.383 e. The minimum absolute atomic E-state index is 0.190. The zero-order valence-electron chi connectivity index (χ0n) is 16.0. The molecule has 0 aliphatic heterocycles. The Morgan fingerprint density at radius 1 is 1.19 bits per heavy atom. The van der Waals surface area contributed by atoms with Crippen molar-refractivity contribution in [2.24, 2.45) is 0 Å². The lowest BCUT2D eigenvalue weighted by atomic mass is 9.76. The number of carbonyl (C=O) groups is 1. The lowest BCUT2D eigenvalue weighted by Gasteiger charge is -2.32. The Balaban J connectivity index is 2.16. The molecule has 0 unspecified atom stereocenters. The highest BCUT2D eigenvalue weighted by Crippen LogP contribution is 2.31. The van der Waals surface area contributed by atoms with Crippen LogP contribution in [0.2, 0.25) is 5.02 Å². The van der Waals surface area contributed by atoms with E-state index in [0.717, 1.165) is 18.4 Å². The first kappa shape index (κ1) is 21.1. The number of hydrogen-bond acceptors (Lipinski definition) is 4. The van der Waals surface area contributed by atoms with E-state index in [4.69, 9.17) is 16.3 Å². The molecule has 0 bridgehead atoms. The minimum atomic E-state index is -0.304. The van der Waals surface area contributed by atoms with Crippen molar-refractivity contribution in [2.45, 2.75) is 38.6 Å². The fraction of sp³-hybridized carbons (Fsp3) is 0.450. The van der Waals surface area contributed by atoms with Gasteiger partial charge in [0.15, 0.2) is 0 Å². The van der Waals surface area contributed by atoms with Crippen molar-refractivity contribution in [3.05, 3.63) is 63.0 Å². The molecule has 0 radical (unpaired) electrons. The zero-order chi connectivity index (χ0) is 19.9. The molecule has 146 valence electrons. The van der Waals surface area contributed by atoms with Gasteiger partial charge in [0.1, 0.15) is 5.69 Å². The van der Waals surface area contributed by atoms with Crippen molar-refractivity contribution in [1.29, 1.82) is 0 Å². The molecule has 0 aliphatic carbocycles. The number of halogens is 1. The van der Waals surface area contributed by atoms with Crippen LogP contribution in [0.3, 0.4) is 0 Å². The summed E-state index contributed by atoms with van der Waals surface area (Å²) in [7, 11) is 1.55. The standard InChI is InChI=1S/C20H26ClN3O3/c1-4-20(5-2,15-6-8-16(21)9-7-15)14-22-19(26)17-10-11-18(25)24(23-17)12-13-27-3/h6-11H,4-5,12-14H2,1-3H3,(H,22,26). The van der Waals surface area contributed by atoms with Crippen LogP contribution < -0.4 is 10.9 Å². The number of nitrogens with one attached hydrogen (secondary N) is 1. The monoisotopic (exact) mass is 391 g/mol. The summed E-state index contributed by atoms with van der Waals surface area (Å²) in [5.74, 6) is -0.304. The van der Waals surface area contributed by atoms with Crippen LogP contribution in [0.25, 0.3) is 0 Å². The molecule has 0 saturated carbocycles. The van der Waals surface area contributed by atoms with Crippen LogP contribution in [-0.4, -0.2) is 35.9 Å². The average Bonchev–Trinajstić information content (AvgIpc) is 2.69. The van der Waals surface area contributed by atoms with Crippen molar-refractivity contribution in [3.8, 4) is 0 Å². The summed E-state index contributed by atoms with van der Waals surface area (Å²) in [5.41, 5.74) is 0.893. The van der Waals surface area contributed by atoms with Crippen LogP contribution in [0, 0.1) is 0 Å². The maximum Gasteiger partial charge on any atom is 0.271 e. The van der Waals surface area contributed by atoms with Crippen molar-refractivity contribution in [3.63, 3.8) is 0 Å². The fourth-order valence-electron chi connectivity index (χ4n) is 3.06. The Morgan fingerprint density at radius 3 is 2.44 bits per heavy atom. The molecule has 2 aromatic rings. The highest BCUT2D eigenvalue weighted by atomic mass is 35.5. The molecular formula is C20H26ClN3O3. The van der Waals surface area contributed by atoms with Gasteiger partial charge in [0, 0.05) is 30.2 Å². The van der Waals surface area contributed by atoms with E-state index in [-0.39, 0.29) is 22.6 Å². The van der Waals surface area contributed by atoms with Gasteiger partial charge in [0.25, 0.3) is 11.5 Å². The zero-order valence-corrected chi connectivity index (χ0v) is 16.8. The van der Waals surface area contributed by atoms with Gasteiger partial charge in [-0.1, -0.05) is 37.6 Å². The number of carbonyl (C=O) groups excluding carboxylic acids is 1. The van der Waals surface area contributed by atoms with E-state index >= 15 is 0 Å². The van der Waals surface area contributed by atoms with Gasteiger partial charge < -0.3 is 10.1 Å². The van der Waals surface area contributed by atoms with E-state index in [1.54, 1.807) is 7.11 Å². The molecule has 0 fully saturated rings. The van der Waals surface area contributed by atoms with Crippen molar-refractivity contribution >= 4 is 17.5 Å². The third-order valence-electron chi connectivity index (χ3n) is 5.00. The van der Waals surface area contributed by atoms with Crippen LogP contribution in [0.15, 0.2) is 41.2 Å². The molecule has 0 saturated heterocycles. The summed E-state index contributed by atoms with van der Waals surface area (Å²) in [6.07, 6.45) is 1.73. The molecule has 1 N–H and O–H groups in total. The predicted molar refractivity (Wildman–Crippen MR) is 106 cm³/mol. The minimum Gasteiger partial charge on any atom is -0.383 e. The number of rotatable bonds is 9. The molecular weight excluding hydrogens is 366 g/mol. The summed E-state index contributed by atoms with van der Waals surface area (Å²) < 4.78 is 6.21. The molecule has 27 heavy (non-hydrogen) atoms. The van der Waals surface area contributed by atoms with Gasteiger partial charge in [0.2, 0.25) is 0 Å². The Hall–Kier alpha value is -2.18. The molecule has 1 aromatic heterocycles. The molecule has 6 nitrogen and oxygen atoms in total. The maximum atomic E-state index is 12.6. The Morgan fingerprint density at radius 2 is 1.85 bits per heavy atom. The first-order valence-electron chi connectivity index (χ1n) is 9.07. The SMILES string of the molecule is CCC(CC)(CNC(=O)c1ccc(=O)n(CCOC)n1)c1ccc(Cl)cc1. The number of aromatic nitrogens is 2. The third kappa shape index (κ3) is 5.17. The van der Waals surface area contributed by atoms with Crippen molar-refractivity contribution in [1.82, 2.24) is 15.1 Å². The summed E-state index contributed by atoms with van der Waals surface area (Å²) in [6.45, 7) is 5.33. The molecule has 1 heterocycles. The molecule has 0 aliphatic rings. The summed E-state index contributed by atoms with van der Waals surface area (Å²) in [4.78, 5) is 24.4. The van der Waals surface area contributed by atoms with Crippen molar-refractivity contribution in [2.75, 3.05) is 20.3 Å². The second kappa shape index (κ2) is 9.67. The predicted octanol–water partition coefficient (Wildman–Crippen LogP) is 3.03. The summed E-state index contributed by atoms with van der Waals surface area (Å²) in [6, 6.07) is 10.5. The number of hydrogen-bond donors (Lipinski definition) is 1. The first-order valence-corrected chi connectivity index (χ1v) is 9.45. The first-order chi connectivity index (χ1) is 13.0. The molecule has 1 amide bonds. The summed E-state index contributed by atoms with van der Waals surface area (Å²) in [5, 5.41) is 7.80. The van der Waals surface area contributed by atoms with Gasteiger partial charge in [-0.3, -0.25) is 9.59 Å². The number of nitrogens with zero attached hydrogens (tertiary/aromatic N) is 2. The third-order valence-corrected chi connectivity index (χ3v) is 5.26. The van der Waals surface area contributed by atoms with Gasteiger partial charge >= 0.3 is 0 Å². The van der Waals surface area contributed by atoms with Crippen LogP contribution in [0.5, 0.6) is 0 Å². The average molecular weight is 392 g/mol. The number of methoxy groups -OCH3 is 1. The van der Waals surface area contributed by atoms with Crippen LogP contribution >= 0.6 is 11.6 Å². The smallest absolute Gasteiger partial charge is 0.271 e. The lowest BCUT2D eigenvalue weighted by molar-refractivity contribution is 0.0933. The normalized spacial score (nSPS) is 11.4. The second-order valence-corrected chi connectivity index (χ2v) is 6.89. The highest BCUT2D eigenvalue weighted by Gasteiger charge is 2.29. The number of amides is 1. The number of ether oxygens (including phenoxy) is 1.